The van der Waals surface area contributed by atoms with Crippen LogP contribution in [0.5, 0.6) is 0 Å². The Morgan fingerprint density at radius 2 is 2.24 bits per heavy atom. The lowest BCUT2D eigenvalue weighted by Crippen LogP contribution is -2.32. The SMILES string of the molecule is Cn1ccc(CNCC(C)(C)c2cccs2)n1. The van der Waals surface area contributed by atoms with Gasteiger partial charge in [0.25, 0.3) is 0 Å². The average Bonchev–Trinajstić information content (AvgIpc) is 2.89. The summed E-state index contributed by atoms with van der Waals surface area (Å²) < 4.78 is 1.83. The minimum absolute atomic E-state index is 0.183. The van der Waals surface area contributed by atoms with Crippen LogP contribution in [0.3, 0.4) is 0 Å². The van der Waals surface area contributed by atoms with Crippen molar-refractivity contribution in [3.63, 3.8) is 0 Å². The molecule has 0 fully saturated rings. The van der Waals surface area contributed by atoms with Gasteiger partial charge < -0.3 is 5.32 Å². The third-order valence-electron chi connectivity index (χ3n) is 2.83. The Bertz CT molecular complexity index is 457. The van der Waals surface area contributed by atoms with Crippen LogP contribution in [0.25, 0.3) is 0 Å². The molecule has 0 saturated carbocycles. The van der Waals surface area contributed by atoms with Crippen LogP contribution >= 0.6 is 11.3 Å². The second-order valence-corrected chi connectivity index (χ2v) is 5.89. The van der Waals surface area contributed by atoms with E-state index in [1.54, 1.807) is 0 Å². The van der Waals surface area contributed by atoms with Crippen molar-refractivity contribution >= 4 is 11.3 Å². The van der Waals surface area contributed by atoms with Gasteiger partial charge in [-0.05, 0) is 17.5 Å². The van der Waals surface area contributed by atoms with Gasteiger partial charge in [-0.2, -0.15) is 5.10 Å². The molecule has 0 aliphatic rings. The summed E-state index contributed by atoms with van der Waals surface area (Å²) in [7, 11) is 1.94. The molecule has 1 N–H and O–H groups in total. The molecule has 0 bridgehead atoms. The Labute approximate surface area is 106 Å². The largest absolute Gasteiger partial charge is 0.310 e. The third kappa shape index (κ3) is 3.17. The molecule has 0 saturated heterocycles. The summed E-state index contributed by atoms with van der Waals surface area (Å²) in [5.74, 6) is 0. The van der Waals surface area contributed by atoms with Crippen molar-refractivity contribution in [1.29, 1.82) is 0 Å². The van der Waals surface area contributed by atoms with Gasteiger partial charge in [0.15, 0.2) is 0 Å². The molecule has 0 aliphatic heterocycles. The number of hydrogen-bond donors (Lipinski definition) is 1. The molecule has 0 radical (unpaired) electrons. The number of aromatic nitrogens is 2. The standard InChI is InChI=1S/C13H19N3S/c1-13(2,12-5-4-8-17-12)10-14-9-11-6-7-16(3)15-11/h4-8,14H,9-10H2,1-3H3. The number of rotatable bonds is 5. The Kier molecular flexibility index (Phi) is 3.64. The number of hydrogen-bond acceptors (Lipinski definition) is 3. The minimum atomic E-state index is 0.183. The first-order valence-electron chi connectivity index (χ1n) is 5.81. The summed E-state index contributed by atoms with van der Waals surface area (Å²) in [5.41, 5.74) is 1.28. The van der Waals surface area contributed by atoms with Crippen LogP contribution in [0.1, 0.15) is 24.4 Å². The van der Waals surface area contributed by atoms with Crippen molar-refractivity contribution in [2.24, 2.45) is 7.05 Å². The van der Waals surface area contributed by atoms with Gasteiger partial charge in [-0.15, -0.1) is 11.3 Å². The minimum Gasteiger partial charge on any atom is -0.310 e. The fourth-order valence-electron chi connectivity index (χ4n) is 1.81. The van der Waals surface area contributed by atoms with Gasteiger partial charge in [0.1, 0.15) is 0 Å². The zero-order valence-electron chi connectivity index (χ0n) is 10.6. The highest BCUT2D eigenvalue weighted by atomic mass is 32.1. The summed E-state index contributed by atoms with van der Waals surface area (Å²) in [4.78, 5) is 1.42. The van der Waals surface area contributed by atoms with Gasteiger partial charge >= 0.3 is 0 Å². The van der Waals surface area contributed by atoms with Gasteiger partial charge in [-0.1, -0.05) is 19.9 Å². The first-order valence-corrected chi connectivity index (χ1v) is 6.69. The summed E-state index contributed by atoms with van der Waals surface area (Å²) in [6, 6.07) is 6.36. The van der Waals surface area contributed by atoms with E-state index in [1.807, 2.05) is 35.3 Å². The average molecular weight is 249 g/mol. The quantitative estimate of drug-likeness (QED) is 0.882. The number of thiophene rings is 1. The fourth-order valence-corrected chi connectivity index (χ4v) is 2.66. The Hall–Kier alpha value is -1.13. The van der Waals surface area contributed by atoms with Crippen molar-refractivity contribution in [2.45, 2.75) is 25.8 Å². The molecule has 0 aliphatic carbocycles. The monoisotopic (exact) mass is 249 g/mol. The first-order chi connectivity index (χ1) is 8.08. The van der Waals surface area contributed by atoms with E-state index in [9.17, 15) is 0 Å². The van der Waals surface area contributed by atoms with E-state index in [0.717, 1.165) is 18.8 Å². The highest BCUT2D eigenvalue weighted by Gasteiger charge is 2.20. The maximum absolute atomic E-state index is 4.35. The Balaban J connectivity index is 1.86. The van der Waals surface area contributed by atoms with Crippen molar-refractivity contribution < 1.29 is 0 Å². The van der Waals surface area contributed by atoms with Crippen LogP contribution in [-0.2, 0) is 19.0 Å². The van der Waals surface area contributed by atoms with E-state index < -0.39 is 0 Å². The summed E-state index contributed by atoms with van der Waals surface area (Å²) in [5, 5.41) is 9.96. The van der Waals surface area contributed by atoms with Crippen molar-refractivity contribution in [3.8, 4) is 0 Å². The Morgan fingerprint density at radius 1 is 1.41 bits per heavy atom. The molecule has 0 atom stereocenters. The van der Waals surface area contributed by atoms with E-state index in [1.165, 1.54) is 4.88 Å². The van der Waals surface area contributed by atoms with Crippen LogP contribution in [-0.4, -0.2) is 16.3 Å². The predicted octanol–water partition coefficient (Wildman–Crippen LogP) is 2.55. The predicted molar refractivity (Wildman–Crippen MR) is 72.3 cm³/mol. The van der Waals surface area contributed by atoms with Crippen LogP contribution in [0, 0.1) is 0 Å². The van der Waals surface area contributed by atoms with E-state index in [0.29, 0.717) is 0 Å². The second-order valence-electron chi connectivity index (χ2n) is 4.95. The number of nitrogens with zero attached hydrogens (tertiary/aromatic N) is 2. The highest BCUT2D eigenvalue weighted by molar-refractivity contribution is 7.10. The molecule has 2 aromatic heterocycles. The Morgan fingerprint density at radius 3 is 2.82 bits per heavy atom. The molecule has 17 heavy (non-hydrogen) atoms. The highest BCUT2D eigenvalue weighted by Crippen LogP contribution is 2.26. The van der Waals surface area contributed by atoms with E-state index in [4.69, 9.17) is 0 Å². The maximum atomic E-state index is 4.35. The van der Waals surface area contributed by atoms with Gasteiger partial charge in [-0.3, -0.25) is 4.68 Å². The number of nitrogens with one attached hydrogen (secondary N) is 1. The molecule has 92 valence electrons. The normalized spacial score (nSPS) is 11.9. The first kappa shape index (κ1) is 12.3. The van der Waals surface area contributed by atoms with Crippen LogP contribution in [0.2, 0.25) is 0 Å². The van der Waals surface area contributed by atoms with Gasteiger partial charge in [0.2, 0.25) is 0 Å². The van der Waals surface area contributed by atoms with Crippen LogP contribution in [0.4, 0.5) is 0 Å². The molecule has 0 unspecified atom stereocenters. The lowest BCUT2D eigenvalue weighted by Gasteiger charge is -2.23. The molecular formula is C13H19N3S. The number of aryl methyl sites for hydroxylation is 1. The lowest BCUT2D eigenvalue weighted by atomic mass is 9.91. The van der Waals surface area contributed by atoms with Crippen molar-refractivity contribution in [1.82, 2.24) is 15.1 Å². The van der Waals surface area contributed by atoms with E-state index in [2.05, 4.69) is 41.8 Å². The molecule has 4 heteroatoms. The molecule has 0 aromatic carbocycles. The van der Waals surface area contributed by atoms with Crippen LogP contribution in [0.15, 0.2) is 29.8 Å². The van der Waals surface area contributed by atoms with E-state index >= 15 is 0 Å². The molecule has 0 amide bonds. The smallest absolute Gasteiger partial charge is 0.0762 e. The lowest BCUT2D eigenvalue weighted by molar-refractivity contribution is 0.473. The molecule has 2 rings (SSSR count). The molecule has 2 aromatic rings. The molecule has 2 heterocycles. The van der Waals surface area contributed by atoms with Crippen LogP contribution < -0.4 is 5.32 Å². The summed E-state index contributed by atoms with van der Waals surface area (Å²) >= 11 is 1.82. The fraction of sp³-hybridized carbons (Fsp3) is 0.462. The van der Waals surface area contributed by atoms with Crippen molar-refractivity contribution in [3.05, 3.63) is 40.3 Å². The van der Waals surface area contributed by atoms with Gasteiger partial charge in [-0.25, -0.2) is 0 Å². The van der Waals surface area contributed by atoms with Gasteiger partial charge in [0.05, 0.1) is 5.69 Å². The maximum Gasteiger partial charge on any atom is 0.0762 e. The summed E-state index contributed by atoms with van der Waals surface area (Å²) in [6.07, 6.45) is 1.97. The van der Waals surface area contributed by atoms with E-state index in [-0.39, 0.29) is 5.41 Å². The van der Waals surface area contributed by atoms with Crippen molar-refractivity contribution in [2.75, 3.05) is 6.54 Å². The molecule has 0 spiro atoms. The summed E-state index contributed by atoms with van der Waals surface area (Å²) in [6.45, 7) is 6.33. The zero-order valence-corrected chi connectivity index (χ0v) is 11.4. The zero-order chi connectivity index (χ0) is 12.3. The topological polar surface area (TPSA) is 29.9 Å². The second kappa shape index (κ2) is 5.02. The molecule has 3 nitrogen and oxygen atoms in total. The third-order valence-corrected chi connectivity index (χ3v) is 4.07. The van der Waals surface area contributed by atoms with Gasteiger partial charge in [0, 0.05) is 36.6 Å². The molecular weight excluding hydrogens is 230 g/mol.